The number of ether oxygens (including phenoxy) is 1. The molecular weight excluding hydrogens is 392 g/mol. The zero-order valence-corrected chi connectivity index (χ0v) is 18.3. The van der Waals surface area contributed by atoms with Crippen molar-refractivity contribution in [2.24, 2.45) is 0 Å². The first-order valence-corrected chi connectivity index (χ1v) is 10.6. The minimum atomic E-state index is 0.0383. The molecule has 1 aromatic carbocycles. The lowest BCUT2D eigenvalue weighted by molar-refractivity contribution is -0.135. The number of hydrogen-bond acceptors (Lipinski definition) is 5. The van der Waals surface area contributed by atoms with E-state index in [1.54, 1.807) is 19.0 Å². The molecule has 1 unspecified atom stereocenters. The SMILES string of the molecule is CCC1CN(CC(=O)N2CCN(CC(=O)N(C)C)CC2)Cc2ccc(Cl)cc2O1. The van der Waals surface area contributed by atoms with E-state index in [-0.39, 0.29) is 17.9 Å². The van der Waals surface area contributed by atoms with E-state index in [0.29, 0.717) is 44.3 Å². The normalized spacial score (nSPS) is 20.6. The summed E-state index contributed by atoms with van der Waals surface area (Å²) in [5, 5.41) is 0.661. The molecule has 2 aliphatic heterocycles. The molecule has 0 saturated carbocycles. The Kier molecular flexibility index (Phi) is 7.38. The first-order valence-electron chi connectivity index (χ1n) is 10.2. The van der Waals surface area contributed by atoms with Crippen molar-refractivity contribution in [1.82, 2.24) is 19.6 Å². The Morgan fingerprint density at radius 1 is 1.14 bits per heavy atom. The predicted molar refractivity (Wildman–Crippen MR) is 113 cm³/mol. The molecule has 1 aromatic rings. The molecule has 8 heteroatoms. The second-order valence-corrected chi connectivity index (χ2v) is 8.45. The number of nitrogens with zero attached hydrogens (tertiary/aromatic N) is 4. The topological polar surface area (TPSA) is 56.3 Å². The molecule has 0 N–H and O–H groups in total. The Hall–Kier alpha value is -1.83. The Labute approximate surface area is 178 Å². The molecule has 1 fully saturated rings. The lowest BCUT2D eigenvalue weighted by atomic mass is 10.2. The van der Waals surface area contributed by atoms with Gasteiger partial charge in [-0.1, -0.05) is 24.6 Å². The zero-order valence-electron chi connectivity index (χ0n) is 17.6. The average molecular weight is 423 g/mol. The Bertz CT molecular complexity index is 735. The van der Waals surface area contributed by atoms with Gasteiger partial charge in [-0.15, -0.1) is 0 Å². The number of likely N-dealkylation sites (N-methyl/N-ethyl adjacent to an activating group) is 1. The summed E-state index contributed by atoms with van der Waals surface area (Å²) in [6, 6.07) is 5.71. The van der Waals surface area contributed by atoms with Crippen molar-refractivity contribution >= 4 is 23.4 Å². The summed E-state index contributed by atoms with van der Waals surface area (Å²) in [7, 11) is 3.53. The van der Waals surface area contributed by atoms with Crippen molar-refractivity contribution in [3.05, 3.63) is 28.8 Å². The van der Waals surface area contributed by atoms with E-state index in [2.05, 4.69) is 16.7 Å². The van der Waals surface area contributed by atoms with Crippen LogP contribution in [0.2, 0.25) is 5.02 Å². The maximum Gasteiger partial charge on any atom is 0.236 e. The van der Waals surface area contributed by atoms with E-state index in [9.17, 15) is 9.59 Å². The van der Waals surface area contributed by atoms with E-state index in [4.69, 9.17) is 16.3 Å². The third kappa shape index (κ3) is 5.84. The molecule has 2 amide bonds. The standard InChI is InChI=1S/C21H31ClN4O3/c1-4-18-13-25(12-16-5-6-17(22)11-19(16)29-18)15-21(28)26-9-7-24(8-10-26)14-20(27)23(2)3/h5-6,11,18H,4,7-10,12-15H2,1-3H3. The van der Waals surface area contributed by atoms with Gasteiger partial charge in [0.25, 0.3) is 0 Å². The van der Waals surface area contributed by atoms with E-state index < -0.39 is 0 Å². The summed E-state index contributed by atoms with van der Waals surface area (Å²) in [5.41, 5.74) is 1.06. The van der Waals surface area contributed by atoms with Crippen LogP contribution in [0.3, 0.4) is 0 Å². The number of carbonyl (C=O) groups excluding carboxylic acids is 2. The number of piperazine rings is 1. The maximum absolute atomic E-state index is 12.9. The number of amides is 2. The van der Waals surface area contributed by atoms with Gasteiger partial charge in [-0.3, -0.25) is 19.4 Å². The zero-order chi connectivity index (χ0) is 21.0. The largest absolute Gasteiger partial charge is 0.489 e. The minimum Gasteiger partial charge on any atom is -0.489 e. The van der Waals surface area contributed by atoms with Gasteiger partial charge < -0.3 is 14.5 Å². The summed E-state index contributed by atoms with van der Waals surface area (Å²) in [5.74, 6) is 1.05. The second-order valence-electron chi connectivity index (χ2n) is 8.01. The predicted octanol–water partition coefficient (Wildman–Crippen LogP) is 1.55. The number of hydrogen-bond donors (Lipinski definition) is 0. The van der Waals surface area contributed by atoms with Crippen molar-refractivity contribution in [2.75, 3.05) is 59.9 Å². The van der Waals surface area contributed by atoms with Gasteiger partial charge in [0.1, 0.15) is 11.9 Å². The quantitative estimate of drug-likeness (QED) is 0.720. The molecule has 2 heterocycles. The van der Waals surface area contributed by atoms with E-state index in [0.717, 1.165) is 30.8 Å². The molecule has 2 aliphatic rings. The second kappa shape index (κ2) is 9.78. The van der Waals surface area contributed by atoms with Crippen LogP contribution in [-0.4, -0.2) is 97.4 Å². The Morgan fingerprint density at radius 3 is 2.52 bits per heavy atom. The lowest BCUT2D eigenvalue weighted by Gasteiger charge is -2.35. The van der Waals surface area contributed by atoms with Gasteiger partial charge in [0.2, 0.25) is 11.8 Å². The highest BCUT2D eigenvalue weighted by atomic mass is 35.5. The Balaban J connectivity index is 1.56. The smallest absolute Gasteiger partial charge is 0.236 e. The first-order chi connectivity index (χ1) is 13.9. The first kappa shape index (κ1) is 21.9. The minimum absolute atomic E-state index is 0.0383. The van der Waals surface area contributed by atoms with Gasteiger partial charge in [-0.2, -0.15) is 0 Å². The summed E-state index contributed by atoms with van der Waals surface area (Å²) in [6.07, 6.45) is 0.909. The molecule has 160 valence electrons. The van der Waals surface area contributed by atoms with E-state index in [1.165, 1.54) is 0 Å². The average Bonchev–Trinajstić information content (AvgIpc) is 2.86. The number of benzene rings is 1. The number of carbonyl (C=O) groups is 2. The molecule has 0 radical (unpaired) electrons. The van der Waals surface area contributed by atoms with Crippen LogP contribution in [0, 0.1) is 0 Å². The molecule has 0 aliphatic carbocycles. The monoisotopic (exact) mass is 422 g/mol. The number of fused-ring (bicyclic) bond motifs is 1. The fourth-order valence-electron chi connectivity index (χ4n) is 3.69. The molecule has 1 saturated heterocycles. The summed E-state index contributed by atoms with van der Waals surface area (Å²) in [6.45, 7) is 7.04. The fourth-order valence-corrected chi connectivity index (χ4v) is 3.85. The highest BCUT2D eigenvalue weighted by molar-refractivity contribution is 6.30. The van der Waals surface area contributed by atoms with E-state index >= 15 is 0 Å². The number of halogens is 1. The molecule has 0 bridgehead atoms. The molecule has 0 spiro atoms. The van der Waals surface area contributed by atoms with Crippen LogP contribution in [-0.2, 0) is 16.1 Å². The molecule has 7 nitrogen and oxygen atoms in total. The van der Waals surface area contributed by atoms with Crippen LogP contribution in [0.4, 0.5) is 0 Å². The van der Waals surface area contributed by atoms with Gasteiger partial charge >= 0.3 is 0 Å². The van der Waals surface area contributed by atoms with E-state index in [1.807, 2.05) is 23.1 Å². The third-order valence-electron chi connectivity index (χ3n) is 5.58. The Morgan fingerprint density at radius 2 is 1.86 bits per heavy atom. The fraction of sp³-hybridized carbons (Fsp3) is 0.619. The van der Waals surface area contributed by atoms with Crippen LogP contribution in [0.1, 0.15) is 18.9 Å². The highest BCUT2D eigenvalue weighted by Gasteiger charge is 2.27. The summed E-state index contributed by atoms with van der Waals surface area (Å²) >= 11 is 6.12. The molecular formula is C21H31ClN4O3. The third-order valence-corrected chi connectivity index (χ3v) is 5.81. The molecule has 3 rings (SSSR count). The number of rotatable bonds is 5. The van der Waals surface area contributed by atoms with Crippen molar-refractivity contribution < 1.29 is 14.3 Å². The maximum atomic E-state index is 12.9. The van der Waals surface area contributed by atoms with Gasteiger partial charge in [0, 0.05) is 63.9 Å². The summed E-state index contributed by atoms with van der Waals surface area (Å²) < 4.78 is 6.12. The van der Waals surface area contributed by atoms with Gasteiger partial charge in [0.05, 0.1) is 13.1 Å². The van der Waals surface area contributed by atoms with Crippen LogP contribution in [0.25, 0.3) is 0 Å². The van der Waals surface area contributed by atoms with Crippen molar-refractivity contribution in [3.8, 4) is 5.75 Å². The molecule has 29 heavy (non-hydrogen) atoms. The van der Waals surface area contributed by atoms with Crippen molar-refractivity contribution in [2.45, 2.75) is 26.0 Å². The van der Waals surface area contributed by atoms with Crippen LogP contribution in [0.5, 0.6) is 5.75 Å². The van der Waals surface area contributed by atoms with Crippen molar-refractivity contribution in [1.29, 1.82) is 0 Å². The lowest BCUT2D eigenvalue weighted by Crippen LogP contribution is -2.53. The van der Waals surface area contributed by atoms with Gasteiger partial charge in [0.15, 0.2) is 0 Å². The highest BCUT2D eigenvalue weighted by Crippen LogP contribution is 2.29. The van der Waals surface area contributed by atoms with Crippen LogP contribution in [0.15, 0.2) is 18.2 Å². The van der Waals surface area contributed by atoms with Gasteiger partial charge in [-0.25, -0.2) is 0 Å². The van der Waals surface area contributed by atoms with Gasteiger partial charge in [-0.05, 0) is 18.6 Å². The van der Waals surface area contributed by atoms with Crippen molar-refractivity contribution in [3.63, 3.8) is 0 Å². The van der Waals surface area contributed by atoms with Crippen LogP contribution >= 0.6 is 11.6 Å². The van der Waals surface area contributed by atoms with Crippen LogP contribution < -0.4 is 4.74 Å². The molecule has 1 atom stereocenters. The summed E-state index contributed by atoms with van der Waals surface area (Å²) in [4.78, 5) is 32.6. The molecule has 0 aromatic heterocycles.